The summed E-state index contributed by atoms with van der Waals surface area (Å²) >= 11 is 5.03. The third kappa shape index (κ3) is 5.46. The summed E-state index contributed by atoms with van der Waals surface area (Å²) in [7, 11) is 0. The molecule has 4 nitrogen and oxygen atoms in total. The van der Waals surface area contributed by atoms with Crippen LogP contribution in [0.5, 0.6) is 0 Å². The Balaban J connectivity index is 4.48. The van der Waals surface area contributed by atoms with Crippen molar-refractivity contribution in [3.63, 3.8) is 0 Å². The molecule has 0 atom stereocenters. The summed E-state index contributed by atoms with van der Waals surface area (Å²) < 4.78 is 5.41. The smallest absolute Gasteiger partial charge is 0.246 e. The molecule has 3 N–H and O–H groups in total. The lowest BCUT2D eigenvalue weighted by atomic mass is 9.93. The molecule has 100 valence electrons. The zero-order chi connectivity index (χ0) is 13.7. The van der Waals surface area contributed by atoms with Crippen LogP contribution < -0.4 is 11.1 Å². The molecule has 0 bridgehead atoms. The average Bonchev–Trinajstić information content (AvgIpc) is 2.22. The van der Waals surface area contributed by atoms with Crippen molar-refractivity contribution in [3.05, 3.63) is 0 Å². The summed E-state index contributed by atoms with van der Waals surface area (Å²) in [4.78, 5) is 12.1. The Morgan fingerprint density at radius 3 is 2.06 bits per heavy atom. The predicted octanol–water partition coefficient (Wildman–Crippen LogP) is 1.76. The van der Waals surface area contributed by atoms with Gasteiger partial charge in [0.1, 0.15) is 6.61 Å². The highest BCUT2D eigenvalue weighted by Gasteiger charge is 2.31. The summed E-state index contributed by atoms with van der Waals surface area (Å²) in [6.07, 6.45) is 1.36. The standard InChI is InChI=1S/C12H24N2O2S/c1-6-12(7-2,10(13)17)14-9(15)8-16-11(3,4)5/h6-8H2,1-5H3,(H2,13,17)(H,14,15). The summed E-state index contributed by atoms with van der Waals surface area (Å²) in [6, 6.07) is 0. The molecule has 0 unspecified atom stereocenters. The van der Waals surface area contributed by atoms with E-state index in [1.165, 1.54) is 0 Å². The number of thiocarbonyl (C=S) groups is 1. The van der Waals surface area contributed by atoms with E-state index < -0.39 is 5.54 Å². The van der Waals surface area contributed by atoms with E-state index >= 15 is 0 Å². The van der Waals surface area contributed by atoms with Crippen molar-refractivity contribution in [2.24, 2.45) is 5.73 Å². The van der Waals surface area contributed by atoms with Gasteiger partial charge in [0.05, 0.1) is 16.1 Å². The Morgan fingerprint density at radius 1 is 1.29 bits per heavy atom. The van der Waals surface area contributed by atoms with Gasteiger partial charge in [0, 0.05) is 0 Å². The molecule has 1 amide bonds. The van der Waals surface area contributed by atoms with E-state index in [1.807, 2.05) is 34.6 Å². The van der Waals surface area contributed by atoms with Gasteiger partial charge in [-0.3, -0.25) is 4.79 Å². The third-order valence-electron chi connectivity index (χ3n) is 2.69. The Kier molecular flexibility index (Phi) is 6.05. The first-order valence-electron chi connectivity index (χ1n) is 5.91. The van der Waals surface area contributed by atoms with Crippen LogP contribution in [-0.4, -0.2) is 28.6 Å². The number of hydrogen-bond acceptors (Lipinski definition) is 3. The predicted molar refractivity (Wildman–Crippen MR) is 73.9 cm³/mol. The lowest BCUT2D eigenvalue weighted by Gasteiger charge is -2.32. The van der Waals surface area contributed by atoms with Gasteiger partial charge >= 0.3 is 0 Å². The van der Waals surface area contributed by atoms with Gasteiger partial charge in [0.15, 0.2) is 0 Å². The van der Waals surface area contributed by atoms with Crippen LogP contribution in [0.3, 0.4) is 0 Å². The Morgan fingerprint density at radius 2 is 1.76 bits per heavy atom. The molecule has 5 heteroatoms. The van der Waals surface area contributed by atoms with Crippen LogP contribution in [0.25, 0.3) is 0 Å². The minimum Gasteiger partial charge on any atom is -0.391 e. The third-order valence-corrected chi connectivity index (χ3v) is 3.08. The molecule has 0 aromatic rings. The summed E-state index contributed by atoms with van der Waals surface area (Å²) in [5.41, 5.74) is 4.78. The minimum absolute atomic E-state index is 0.0217. The van der Waals surface area contributed by atoms with Crippen molar-refractivity contribution >= 4 is 23.1 Å². The van der Waals surface area contributed by atoms with Crippen LogP contribution in [-0.2, 0) is 9.53 Å². The first kappa shape index (κ1) is 16.3. The highest BCUT2D eigenvalue weighted by molar-refractivity contribution is 7.80. The molecule has 17 heavy (non-hydrogen) atoms. The summed E-state index contributed by atoms with van der Waals surface area (Å²) in [6.45, 7) is 9.64. The lowest BCUT2D eigenvalue weighted by Crippen LogP contribution is -2.57. The Labute approximate surface area is 109 Å². The maximum atomic E-state index is 11.8. The number of rotatable bonds is 6. The fourth-order valence-corrected chi connectivity index (χ4v) is 1.76. The molecular weight excluding hydrogens is 236 g/mol. The fourth-order valence-electron chi connectivity index (χ4n) is 1.42. The van der Waals surface area contributed by atoms with E-state index in [-0.39, 0.29) is 18.1 Å². The Bertz CT molecular complexity index is 281. The van der Waals surface area contributed by atoms with E-state index in [1.54, 1.807) is 0 Å². The first-order valence-corrected chi connectivity index (χ1v) is 6.32. The van der Waals surface area contributed by atoms with E-state index in [9.17, 15) is 4.79 Å². The first-order chi connectivity index (χ1) is 7.67. The molecule has 0 saturated carbocycles. The quantitative estimate of drug-likeness (QED) is 0.714. The van der Waals surface area contributed by atoms with Crippen LogP contribution in [0.4, 0.5) is 0 Å². The largest absolute Gasteiger partial charge is 0.391 e. The van der Waals surface area contributed by atoms with Crippen molar-refractivity contribution < 1.29 is 9.53 Å². The SMILES string of the molecule is CCC(CC)(NC(=O)COC(C)(C)C)C(N)=S. The van der Waals surface area contributed by atoms with Gasteiger partial charge in [-0.15, -0.1) is 0 Å². The molecule has 0 aliphatic carbocycles. The van der Waals surface area contributed by atoms with E-state index in [2.05, 4.69) is 5.32 Å². The van der Waals surface area contributed by atoms with Crippen molar-refractivity contribution in [2.75, 3.05) is 6.61 Å². The number of nitrogens with one attached hydrogen (secondary N) is 1. The highest BCUT2D eigenvalue weighted by Crippen LogP contribution is 2.16. The van der Waals surface area contributed by atoms with E-state index in [0.717, 1.165) is 0 Å². The van der Waals surface area contributed by atoms with Crippen LogP contribution in [0, 0.1) is 0 Å². The van der Waals surface area contributed by atoms with Crippen molar-refractivity contribution in [2.45, 2.75) is 58.6 Å². The monoisotopic (exact) mass is 260 g/mol. The molecule has 0 aromatic carbocycles. The van der Waals surface area contributed by atoms with Crippen LogP contribution in [0.1, 0.15) is 47.5 Å². The topological polar surface area (TPSA) is 64.3 Å². The van der Waals surface area contributed by atoms with Crippen molar-refractivity contribution in [3.8, 4) is 0 Å². The molecular formula is C12H24N2O2S. The van der Waals surface area contributed by atoms with E-state index in [0.29, 0.717) is 17.8 Å². The van der Waals surface area contributed by atoms with Gasteiger partial charge in [-0.25, -0.2) is 0 Å². The van der Waals surface area contributed by atoms with Gasteiger partial charge in [0.2, 0.25) is 5.91 Å². The molecule has 0 aliphatic heterocycles. The number of carbonyl (C=O) groups excluding carboxylic acids is 1. The number of nitrogens with two attached hydrogens (primary N) is 1. The average molecular weight is 260 g/mol. The van der Waals surface area contributed by atoms with Gasteiger partial charge in [-0.1, -0.05) is 26.1 Å². The molecule has 0 saturated heterocycles. The maximum Gasteiger partial charge on any atom is 0.246 e. The highest BCUT2D eigenvalue weighted by atomic mass is 32.1. The van der Waals surface area contributed by atoms with Gasteiger partial charge in [-0.2, -0.15) is 0 Å². The number of amides is 1. The van der Waals surface area contributed by atoms with Crippen molar-refractivity contribution in [1.82, 2.24) is 5.32 Å². The minimum atomic E-state index is -0.590. The molecule has 0 fully saturated rings. The van der Waals surface area contributed by atoms with Crippen molar-refractivity contribution in [1.29, 1.82) is 0 Å². The number of carbonyl (C=O) groups is 1. The van der Waals surface area contributed by atoms with Gasteiger partial charge < -0.3 is 15.8 Å². The van der Waals surface area contributed by atoms with Gasteiger partial charge in [0.25, 0.3) is 0 Å². The Hall–Kier alpha value is -0.680. The zero-order valence-electron chi connectivity index (χ0n) is 11.4. The van der Waals surface area contributed by atoms with Crippen LogP contribution in [0.15, 0.2) is 0 Å². The summed E-state index contributed by atoms with van der Waals surface area (Å²) in [5.74, 6) is -0.184. The molecule has 0 spiro atoms. The second-order valence-corrected chi connectivity index (χ2v) is 5.54. The second-order valence-electron chi connectivity index (χ2n) is 5.10. The molecule has 0 aliphatic rings. The normalized spacial score (nSPS) is 12.3. The maximum absolute atomic E-state index is 11.8. The second kappa shape index (κ2) is 6.31. The molecule has 0 aromatic heterocycles. The molecule has 0 rings (SSSR count). The van der Waals surface area contributed by atoms with E-state index in [4.69, 9.17) is 22.7 Å². The molecule has 0 heterocycles. The summed E-state index contributed by atoms with van der Waals surface area (Å²) in [5, 5.41) is 2.87. The van der Waals surface area contributed by atoms with Gasteiger partial charge in [-0.05, 0) is 33.6 Å². The zero-order valence-corrected chi connectivity index (χ0v) is 12.2. The van der Waals surface area contributed by atoms with Crippen LogP contribution >= 0.6 is 12.2 Å². The number of hydrogen-bond donors (Lipinski definition) is 2. The fraction of sp³-hybridized carbons (Fsp3) is 0.833. The number of ether oxygens (including phenoxy) is 1. The lowest BCUT2D eigenvalue weighted by molar-refractivity contribution is -0.131. The molecule has 0 radical (unpaired) electrons. The van der Waals surface area contributed by atoms with Crippen LogP contribution in [0.2, 0.25) is 0 Å².